The zero-order valence-corrected chi connectivity index (χ0v) is 17.4. The Hall–Kier alpha value is -3.35. The van der Waals surface area contributed by atoms with Gasteiger partial charge < -0.3 is 10.1 Å². The Balaban J connectivity index is 1.74. The van der Waals surface area contributed by atoms with E-state index in [4.69, 9.17) is 27.9 Å². The Morgan fingerprint density at radius 1 is 0.967 bits per heavy atom. The molecule has 3 aromatic carbocycles. The molecule has 1 amide bonds. The molecule has 1 aromatic heterocycles. The van der Waals surface area contributed by atoms with E-state index in [1.807, 2.05) is 36.4 Å². The van der Waals surface area contributed by atoms with Gasteiger partial charge in [-0.3, -0.25) is 4.79 Å². The number of nitrogens with one attached hydrogen (secondary N) is 1. The van der Waals surface area contributed by atoms with Gasteiger partial charge in [0.1, 0.15) is 5.75 Å². The average Bonchev–Trinajstić information content (AvgIpc) is 3.20. The standard InChI is InChI=1S/C22H16Cl2N4O2/c1-30-19-11-9-18(10-12-19)28-21(14-5-7-15(23)8-6-14)26-20(27-28)22(29)25-17-4-2-3-16(24)13-17/h2-13H,1H3,(H,25,29). The van der Waals surface area contributed by atoms with Crippen LogP contribution in [-0.2, 0) is 0 Å². The lowest BCUT2D eigenvalue weighted by molar-refractivity contribution is 0.101. The monoisotopic (exact) mass is 438 g/mol. The Labute approximate surface area is 183 Å². The lowest BCUT2D eigenvalue weighted by atomic mass is 10.2. The lowest BCUT2D eigenvalue weighted by Gasteiger charge is -2.07. The molecule has 0 spiro atoms. The van der Waals surface area contributed by atoms with Crippen molar-refractivity contribution in [2.24, 2.45) is 0 Å². The van der Waals surface area contributed by atoms with Crippen molar-refractivity contribution in [1.29, 1.82) is 0 Å². The number of carbonyl (C=O) groups is 1. The zero-order valence-electron chi connectivity index (χ0n) is 15.8. The molecule has 4 rings (SSSR count). The van der Waals surface area contributed by atoms with Crippen LogP contribution in [0.15, 0.2) is 72.8 Å². The highest BCUT2D eigenvalue weighted by Crippen LogP contribution is 2.25. The molecule has 0 saturated heterocycles. The number of nitrogens with zero attached hydrogens (tertiary/aromatic N) is 3. The first-order chi connectivity index (χ1) is 14.5. The lowest BCUT2D eigenvalue weighted by Crippen LogP contribution is -2.14. The molecule has 0 aliphatic heterocycles. The predicted octanol–water partition coefficient (Wildman–Crippen LogP) is 5.50. The molecule has 1 heterocycles. The van der Waals surface area contributed by atoms with Gasteiger partial charge in [-0.15, -0.1) is 5.10 Å². The number of aromatic nitrogens is 3. The second kappa shape index (κ2) is 8.57. The van der Waals surface area contributed by atoms with E-state index in [0.29, 0.717) is 27.3 Å². The first-order valence-corrected chi connectivity index (χ1v) is 9.73. The van der Waals surface area contributed by atoms with Crippen molar-refractivity contribution in [2.45, 2.75) is 0 Å². The molecule has 8 heteroatoms. The van der Waals surface area contributed by atoms with Crippen molar-refractivity contribution < 1.29 is 9.53 Å². The maximum absolute atomic E-state index is 12.8. The van der Waals surface area contributed by atoms with E-state index in [2.05, 4.69) is 15.4 Å². The van der Waals surface area contributed by atoms with E-state index in [0.717, 1.165) is 11.3 Å². The molecule has 0 unspecified atom stereocenters. The minimum atomic E-state index is -0.445. The van der Waals surface area contributed by atoms with Gasteiger partial charge in [-0.05, 0) is 66.7 Å². The Bertz CT molecular complexity index is 1190. The van der Waals surface area contributed by atoms with Gasteiger partial charge >= 0.3 is 0 Å². The number of hydrogen-bond donors (Lipinski definition) is 1. The molecule has 30 heavy (non-hydrogen) atoms. The van der Waals surface area contributed by atoms with Gasteiger partial charge in [0.05, 0.1) is 12.8 Å². The van der Waals surface area contributed by atoms with Crippen LogP contribution in [0.5, 0.6) is 5.75 Å². The molecular weight excluding hydrogens is 423 g/mol. The van der Waals surface area contributed by atoms with E-state index < -0.39 is 5.91 Å². The van der Waals surface area contributed by atoms with Crippen LogP contribution in [-0.4, -0.2) is 27.8 Å². The smallest absolute Gasteiger partial charge is 0.295 e. The Morgan fingerprint density at radius 2 is 1.70 bits per heavy atom. The van der Waals surface area contributed by atoms with Crippen molar-refractivity contribution >= 4 is 34.8 Å². The van der Waals surface area contributed by atoms with Gasteiger partial charge in [0.2, 0.25) is 5.82 Å². The molecule has 0 radical (unpaired) electrons. The van der Waals surface area contributed by atoms with Gasteiger partial charge in [-0.1, -0.05) is 29.3 Å². The summed E-state index contributed by atoms with van der Waals surface area (Å²) in [7, 11) is 1.60. The minimum absolute atomic E-state index is 0.0238. The third kappa shape index (κ3) is 4.30. The van der Waals surface area contributed by atoms with Crippen LogP contribution in [0.25, 0.3) is 17.1 Å². The molecule has 0 saturated carbocycles. The third-order valence-corrected chi connectivity index (χ3v) is 4.80. The minimum Gasteiger partial charge on any atom is -0.497 e. The van der Waals surface area contributed by atoms with Crippen LogP contribution in [0.2, 0.25) is 10.0 Å². The van der Waals surface area contributed by atoms with Gasteiger partial charge in [-0.2, -0.15) is 0 Å². The number of amides is 1. The zero-order chi connectivity index (χ0) is 21.1. The van der Waals surface area contributed by atoms with Gasteiger partial charge in [0, 0.05) is 21.3 Å². The summed E-state index contributed by atoms with van der Waals surface area (Å²) in [5, 5.41) is 8.33. The molecule has 0 bridgehead atoms. The number of halogens is 2. The maximum Gasteiger partial charge on any atom is 0.295 e. The third-order valence-electron chi connectivity index (χ3n) is 4.31. The number of methoxy groups -OCH3 is 1. The van der Waals surface area contributed by atoms with Crippen LogP contribution in [0, 0.1) is 0 Å². The van der Waals surface area contributed by atoms with Crippen LogP contribution in [0.3, 0.4) is 0 Å². The van der Waals surface area contributed by atoms with Crippen molar-refractivity contribution in [3.05, 3.63) is 88.7 Å². The summed E-state index contributed by atoms with van der Waals surface area (Å²) in [5.74, 6) is 0.800. The second-order valence-corrected chi connectivity index (χ2v) is 7.21. The topological polar surface area (TPSA) is 69.0 Å². The van der Waals surface area contributed by atoms with E-state index in [1.54, 1.807) is 48.2 Å². The first kappa shape index (κ1) is 19.9. The fraction of sp³-hybridized carbons (Fsp3) is 0.0455. The number of carbonyl (C=O) groups excluding carboxylic acids is 1. The Morgan fingerprint density at radius 3 is 2.37 bits per heavy atom. The summed E-state index contributed by atoms with van der Waals surface area (Å²) in [6.07, 6.45) is 0. The highest BCUT2D eigenvalue weighted by atomic mass is 35.5. The fourth-order valence-corrected chi connectivity index (χ4v) is 3.17. The number of hydrogen-bond acceptors (Lipinski definition) is 4. The normalized spacial score (nSPS) is 10.6. The molecule has 4 aromatic rings. The molecule has 6 nitrogen and oxygen atoms in total. The highest BCUT2D eigenvalue weighted by molar-refractivity contribution is 6.31. The van der Waals surface area contributed by atoms with Crippen molar-refractivity contribution in [3.8, 4) is 22.8 Å². The number of benzene rings is 3. The molecular formula is C22H16Cl2N4O2. The van der Waals surface area contributed by atoms with Gasteiger partial charge in [-0.25, -0.2) is 9.67 Å². The van der Waals surface area contributed by atoms with Crippen LogP contribution in [0.1, 0.15) is 10.6 Å². The Kier molecular flexibility index (Phi) is 5.70. The average molecular weight is 439 g/mol. The van der Waals surface area contributed by atoms with Crippen LogP contribution < -0.4 is 10.1 Å². The summed E-state index contributed by atoms with van der Waals surface area (Å²) in [6.45, 7) is 0. The van der Waals surface area contributed by atoms with E-state index in [-0.39, 0.29) is 5.82 Å². The van der Waals surface area contributed by atoms with Crippen LogP contribution in [0.4, 0.5) is 5.69 Å². The predicted molar refractivity (Wildman–Crippen MR) is 118 cm³/mol. The molecule has 1 N–H and O–H groups in total. The van der Waals surface area contributed by atoms with Crippen LogP contribution >= 0.6 is 23.2 Å². The largest absolute Gasteiger partial charge is 0.497 e. The molecule has 0 aliphatic rings. The molecule has 0 fully saturated rings. The number of anilines is 1. The van der Waals surface area contributed by atoms with Crippen molar-refractivity contribution in [1.82, 2.24) is 14.8 Å². The quantitative estimate of drug-likeness (QED) is 0.446. The van der Waals surface area contributed by atoms with Gasteiger partial charge in [0.25, 0.3) is 5.91 Å². The molecule has 0 atom stereocenters. The first-order valence-electron chi connectivity index (χ1n) is 8.98. The molecule has 150 valence electrons. The second-order valence-electron chi connectivity index (χ2n) is 6.34. The summed E-state index contributed by atoms with van der Waals surface area (Å²) in [6, 6.07) is 21.3. The maximum atomic E-state index is 12.8. The van der Waals surface area contributed by atoms with Gasteiger partial charge in [0.15, 0.2) is 5.82 Å². The van der Waals surface area contributed by atoms with E-state index in [9.17, 15) is 4.79 Å². The van der Waals surface area contributed by atoms with Crippen molar-refractivity contribution in [2.75, 3.05) is 12.4 Å². The SMILES string of the molecule is COc1ccc(-n2nc(C(=O)Nc3cccc(Cl)c3)nc2-c2ccc(Cl)cc2)cc1. The fourth-order valence-electron chi connectivity index (χ4n) is 2.85. The summed E-state index contributed by atoms with van der Waals surface area (Å²) in [5.41, 5.74) is 2.06. The molecule has 0 aliphatic carbocycles. The summed E-state index contributed by atoms with van der Waals surface area (Å²) in [4.78, 5) is 17.3. The number of ether oxygens (including phenoxy) is 1. The summed E-state index contributed by atoms with van der Waals surface area (Å²) >= 11 is 12.0. The number of rotatable bonds is 5. The summed E-state index contributed by atoms with van der Waals surface area (Å²) < 4.78 is 6.82. The van der Waals surface area contributed by atoms with Crippen molar-refractivity contribution in [3.63, 3.8) is 0 Å². The van der Waals surface area contributed by atoms with E-state index >= 15 is 0 Å². The highest BCUT2D eigenvalue weighted by Gasteiger charge is 2.19. The van der Waals surface area contributed by atoms with E-state index in [1.165, 1.54) is 0 Å².